The van der Waals surface area contributed by atoms with E-state index in [1.807, 2.05) is 36.1 Å². The lowest BCUT2D eigenvalue weighted by Gasteiger charge is -2.20. The molecule has 0 radical (unpaired) electrons. The molecule has 0 aliphatic heterocycles. The van der Waals surface area contributed by atoms with Gasteiger partial charge in [-0.1, -0.05) is 25.1 Å². The van der Waals surface area contributed by atoms with Gasteiger partial charge in [0.1, 0.15) is 5.75 Å². The van der Waals surface area contributed by atoms with Crippen LogP contribution in [0.1, 0.15) is 18.1 Å². The molecule has 2 aromatic carbocycles. The first-order chi connectivity index (χ1) is 13.7. The molecule has 1 N–H and O–H groups in total. The van der Waals surface area contributed by atoms with Crippen molar-refractivity contribution in [3.8, 4) is 5.75 Å². The van der Waals surface area contributed by atoms with Crippen LogP contribution in [0.25, 0.3) is 0 Å². The van der Waals surface area contributed by atoms with Gasteiger partial charge in [-0.25, -0.2) is 12.7 Å². The first-order valence-corrected chi connectivity index (χ1v) is 10.8. The molecule has 8 heteroatoms. The van der Waals surface area contributed by atoms with Gasteiger partial charge in [0.15, 0.2) is 0 Å². The number of likely N-dealkylation sites (N-methyl/N-ethyl adjacent to an activating group) is 1. The Morgan fingerprint density at radius 2 is 1.76 bits per heavy atom. The van der Waals surface area contributed by atoms with Gasteiger partial charge in [0.05, 0.1) is 18.6 Å². The Kier molecular flexibility index (Phi) is 7.78. The summed E-state index contributed by atoms with van der Waals surface area (Å²) in [5, 5.41) is 2.81. The van der Waals surface area contributed by atoms with Gasteiger partial charge in [0.2, 0.25) is 15.9 Å². The molecular weight excluding hydrogens is 390 g/mol. The zero-order valence-corrected chi connectivity index (χ0v) is 18.4. The monoisotopic (exact) mass is 419 g/mol. The third-order valence-corrected chi connectivity index (χ3v) is 6.57. The molecule has 7 nitrogen and oxygen atoms in total. The van der Waals surface area contributed by atoms with Crippen LogP contribution < -0.4 is 10.1 Å². The Hall–Kier alpha value is -2.42. The molecule has 158 valence electrons. The maximum Gasteiger partial charge on any atom is 0.242 e. The minimum Gasteiger partial charge on any atom is -0.497 e. The third kappa shape index (κ3) is 6.03. The van der Waals surface area contributed by atoms with Crippen molar-refractivity contribution in [2.75, 3.05) is 39.6 Å². The first-order valence-electron chi connectivity index (χ1n) is 9.35. The molecule has 0 heterocycles. The molecule has 0 saturated carbocycles. The van der Waals surface area contributed by atoms with Crippen LogP contribution in [0.5, 0.6) is 5.75 Å². The fourth-order valence-electron chi connectivity index (χ4n) is 2.82. The number of carbonyl (C=O) groups is 1. The smallest absolute Gasteiger partial charge is 0.242 e. The van der Waals surface area contributed by atoms with E-state index in [2.05, 4.69) is 5.32 Å². The van der Waals surface area contributed by atoms with Crippen LogP contribution in [0.2, 0.25) is 0 Å². The average molecular weight is 420 g/mol. The number of ether oxygens (including phenoxy) is 1. The molecule has 0 unspecified atom stereocenters. The summed E-state index contributed by atoms with van der Waals surface area (Å²) in [4.78, 5) is 14.7. The second kappa shape index (κ2) is 9.87. The van der Waals surface area contributed by atoms with Gasteiger partial charge < -0.3 is 10.1 Å². The van der Waals surface area contributed by atoms with Crippen molar-refractivity contribution in [2.24, 2.45) is 0 Å². The SMILES string of the molecule is CCN(CC(=O)Nc1ccc(C)c(S(=O)(=O)N(C)C)c1)Cc1ccc(OC)cc1. The minimum atomic E-state index is -3.58. The van der Waals surface area contributed by atoms with Crippen molar-refractivity contribution in [3.05, 3.63) is 53.6 Å². The number of amides is 1. The van der Waals surface area contributed by atoms with Gasteiger partial charge in [0.25, 0.3) is 0 Å². The van der Waals surface area contributed by atoms with E-state index < -0.39 is 10.0 Å². The molecule has 0 spiro atoms. The van der Waals surface area contributed by atoms with Crippen LogP contribution in [0.4, 0.5) is 5.69 Å². The molecule has 0 fully saturated rings. The number of anilines is 1. The highest BCUT2D eigenvalue weighted by atomic mass is 32.2. The lowest BCUT2D eigenvalue weighted by molar-refractivity contribution is -0.117. The first kappa shape index (κ1) is 22.9. The third-order valence-electron chi connectivity index (χ3n) is 4.61. The van der Waals surface area contributed by atoms with Crippen LogP contribution in [0, 0.1) is 6.92 Å². The minimum absolute atomic E-state index is 0.186. The van der Waals surface area contributed by atoms with Gasteiger partial charge in [-0.15, -0.1) is 0 Å². The molecule has 0 saturated heterocycles. The predicted molar refractivity (Wildman–Crippen MR) is 115 cm³/mol. The highest BCUT2D eigenvalue weighted by Crippen LogP contribution is 2.22. The van der Waals surface area contributed by atoms with Crippen LogP contribution in [0.15, 0.2) is 47.4 Å². The fourth-order valence-corrected chi connectivity index (χ4v) is 3.97. The number of hydrogen-bond donors (Lipinski definition) is 1. The Labute approximate surface area is 173 Å². The largest absolute Gasteiger partial charge is 0.497 e. The van der Waals surface area contributed by atoms with Crippen molar-refractivity contribution in [2.45, 2.75) is 25.3 Å². The molecule has 0 atom stereocenters. The quantitative estimate of drug-likeness (QED) is 0.676. The highest BCUT2D eigenvalue weighted by molar-refractivity contribution is 7.89. The molecule has 2 rings (SSSR count). The summed E-state index contributed by atoms with van der Waals surface area (Å²) in [6.07, 6.45) is 0. The van der Waals surface area contributed by atoms with E-state index in [0.717, 1.165) is 15.6 Å². The number of carbonyl (C=O) groups excluding carboxylic acids is 1. The van der Waals surface area contributed by atoms with E-state index in [4.69, 9.17) is 4.74 Å². The van der Waals surface area contributed by atoms with Crippen molar-refractivity contribution < 1.29 is 17.9 Å². The van der Waals surface area contributed by atoms with E-state index >= 15 is 0 Å². The molecular formula is C21H29N3O4S. The average Bonchev–Trinajstić information content (AvgIpc) is 2.69. The normalized spacial score (nSPS) is 11.7. The summed E-state index contributed by atoms with van der Waals surface area (Å²) in [6.45, 7) is 5.25. The molecule has 0 aliphatic rings. The number of benzene rings is 2. The fraction of sp³-hybridized carbons (Fsp3) is 0.381. The summed E-state index contributed by atoms with van der Waals surface area (Å²) in [5.41, 5.74) is 2.17. The van der Waals surface area contributed by atoms with E-state index in [1.165, 1.54) is 20.2 Å². The highest BCUT2D eigenvalue weighted by Gasteiger charge is 2.20. The van der Waals surface area contributed by atoms with Crippen LogP contribution >= 0.6 is 0 Å². The van der Waals surface area contributed by atoms with E-state index in [0.29, 0.717) is 24.3 Å². The topological polar surface area (TPSA) is 79.0 Å². The Morgan fingerprint density at radius 3 is 2.31 bits per heavy atom. The molecule has 29 heavy (non-hydrogen) atoms. The van der Waals surface area contributed by atoms with E-state index in [9.17, 15) is 13.2 Å². The van der Waals surface area contributed by atoms with Crippen molar-refractivity contribution in [1.29, 1.82) is 0 Å². The second-order valence-electron chi connectivity index (χ2n) is 6.97. The molecule has 2 aromatic rings. The Balaban J connectivity index is 2.07. The molecule has 1 amide bonds. The standard InChI is InChI=1S/C21H29N3O4S/c1-6-24(14-17-8-11-19(28-5)12-9-17)15-21(25)22-18-10-7-16(2)20(13-18)29(26,27)23(3)4/h7-13H,6,14-15H2,1-5H3,(H,22,25). The van der Waals surface area contributed by atoms with Gasteiger partial charge in [-0.05, 0) is 48.9 Å². The Bertz CT molecular complexity index is 941. The van der Waals surface area contributed by atoms with Crippen molar-refractivity contribution in [3.63, 3.8) is 0 Å². The predicted octanol–water partition coefficient (Wildman–Crippen LogP) is 2.71. The summed E-state index contributed by atoms with van der Waals surface area (Å²) in [6, 6.07) is 12.6. The number of aryl methyl sites for hydroxylation is 1. The summed E-state index contributed by atoms with van der Waals surface area (Å²) in [7, 11) is 1.01. The summed E-state index contributed by atoms with van der Waals surface area (Å²) in [5.74, 6) is 0.592. The lowest BCUT2D eigenvalue weighted by Crippen LogP contribution is -2.32. The maximum atomic E-state index is 12.5. The number of hydrogen-bond acceptors (Lipinski definition) is 5. The van der Waals surface area contributed by atoms with E-state index in [1.54, 1.807) is 26.2 Å². The zero-order chi connectivity index (χ0) is 21.6. The molecule has 0 bridgehead atoms. The van der Waals surface area contributed by atoms with Gasteiger partial charge in [-0.2, -0.15) is 0 Å². The maximum absolute atomic E-state index is 12.5. The number of nitrogens with zero attached hydrogens (tertiary/aromatic N) is 2. The van der Waals surface area contributed by atoms with Crippen molar-refractivity contribution in [1.82, 2.24) is 9.21 Å². The number of methoxy groups -OCH3 is 1. The number of rotatable bonds is 9. The van der Waals surface area contributed by atoms with Crippen LogP contribution in [-0.4, -0.2) is 57.8 Å². The van der Waals surface area contributed by atoms with Crippen molar-refractivity contribution >= 4 is 21.6 Å². The lowest BCUT2D eigenvalue weighted by atomic mass is 10.2. The zero-order valence-electron chi connectivity index (χ0n) is 17.6. The molecule has 0 aromatic heterocycles. The van der Waals surface area contributed by atoms with E-state index in [-0.39, 0.29) is 17.3 Å². The van der Waals surface area contributed by atoms with Gasteiger partial charge >= 0.3 is 0 Å². The second-order valence-corrected chi connectivity index (χ2v) is 9.09. The number of sulfonamides is 1. The van der Waals surface area contributed by atoms with Gasteiger partial charge in [-0.3, -0.25) is 9.69 Å². The van der Waals surface area contributed by atoms with Crippen LogP contribution in [0.3, 0.4) is 0 Å². The molecule has 0 aliphatic carbocycles. The summed E-state index contributed by atoms with van der Waals surface area (Å²) >= 11 is 0. The Morgan fingerprint density at radius 1 is 1.10 bits per heavy atom. The summed E-state index contributed by atoms with van der Waals surface area (Å²) < 4.78 is 31.2. The van der Waals surface area contributed by atoms with Crippen LogP contribution in [-0.2, 0) is 21.4 Å². The van der Waals surface area contributed by atoms with Gasteiger partial charge in [0, 0.05) is 26.3 Å². The number of nitrogens with one attached hydrogen (secondary N) is 1.